The van der Waals surface area contributed by atoms with Gasteiger partial charge in [0.15, 0.2) is 0 Å². The van der Waals surface area contributed by atoms with Gasteiger partial charge in [-0.1, -0.05) is 164 Å². The topological polar surface area (TPSA) is 16.1 Å². The molecule has 0 saturated heterocycles. The molecule has 0 bridgehead atoms. The highest BCUT2D eigenvalue weighted by Crippen LogP contribution is 2.44. The molecule has 0 radical (unpaired) electrons. The third-order valence-electron chi connectivity index (χ3n) is 11.1. The molecule has 2 aromatic heterocycles. The zero-order valence-corrected chi connectivity index (χ0v) is 33.6. The van der Waals surface area contributed by atoms with E-state index in [9.17, 15) is 0 Å². The van der Waals surface area contributed by atoms with Crippen LogP contribution in [0.3, 0.4) is 0 Å². The summed E-state index contributed by atoms with van der Waals surface area (Å²) in [5.74, 6) is 0. The fourth-order valence-electron chi connectivity index (χ4n) is 8.05. The Hall–Kier alpha value is -7.11. The molecule has 0 spiro atoms. The van der Waals surface area contributed by atoms with Crippen molar-refractivity contribution in [2.24, 2.45) is 0 Å². The Morgan fingerprint density at radius 2 is 0.678 bits per heavy atom. The average molecular weight is 789 g/mol. The van der Waals surface area contributed by atoms with Gasteiger partial charge in [0.05, 0.1) is 10.2 Å². The summed E-state index contributed by atoms with van der Waals surface area (Å²) in [4.78, 5) is 7.55. The largest absolute Gasteiger partial charge is 0.310 e. The van der Waals surface area contributed by atoms with Gasteiger partial charge in [-0.05, 0) is 99.1 Å². The van der Waals surface area contributed by atoms with Crippen LogP contribution in [0.5, 0.6) is 0 Å². The van der Waals surface area contributed by atoms with Gasteiger partial charge in [0.1, 0.15) is 5.01 Å². The molecule has 0 fully saturated rings. The van der Waals surface area contributed by atoms with Crippen LogP contribution in [-0.4, -0.2) is 4.98 Å². The van der Waals surface area contributed by atoms with Gasteiger partial charge in [-0.15, -0.1) is 22.7 Å². The van der Waals surface area contributed by atoms with E-state index < -0.39 is 0 Å². The van der Waals surface area contributed by atoms with E-state index in [4.69, 9.17) is 4.98 Å². The van der Waals surface area contributed by atoms with Crippen LogP contribution < -0.4 is 4.90 Å². The molecule has 0 aliphatic heterocycles. The van der Waals surface area contributed by atoms with Crippen molar-refractivity contribution in [2.75, 3.05) is 4.90 Å². The smallest absolute Gasteiger partial charge is 0.124 e. The second-order valence-electron chi connectivity index (χ2n) is 14.8. The van der Waals surface area contributed by atoms with E-state index in [2.05, 4.69) is 223 Å². The zero-order valence-electron chi connectivity index (χ0n) is 32.0. The summed E-state index contributed by atoms with van der Waals surface area (Å²) in [6.45, 7) is 0. The number of nitrogens with zero attached hydrogens (tertiary/aromatic N) is 2. The fraction of sp³-hybridized carbons (Fsp3) is 0. The van der Waals surface area contributed by atoms with Crippen molar-refractivity contribution in [1.82, 2.24) is 4.98 Å². The van der Waals surface area contributed by atoms with Crippen LogP contribution >= 0.6 is 22.7 Å². The lowest BCUT2D eigenvalue weighted by molar-refractivity contribution is 1.29. The third-order valence-corrected chi connectivity index (χ3v) is 13.3. The quantitative estimate of drug-likeness (QED) is 0.152. The molecule has 4 heteroatoms. The lowest BCUT2D eigenvalue weighted by Gasteiger charge is -2.26. The summed E-state index contributed by atoms with van der Waals surface area (Å²) in [5, 5.41) is 3.53. The standard InChI is InChI=1S/C55H36N2S2/c1-4-10-37(11-5-1)40-16-18-42(19-17-40)44-26-30-47(31-27-44)57(46-28-24-43(25-29-46)39-14-8-3-9-15-39)48-32-33-52-49(34-48)50-35-51-54(36-53(50)58-52)59-55(56-51)45-22-20-41(21-23-45)38-12-6-2-7-13-38/h1-36H. The Balaban J connectivity index is 0.960. The Morgan fingerprint density at radius 3 is 1.15 bits per heavy atom. The summed E-state index contributed by atoms with van der Waals surface area (Å²) in [6, 6.07) is 78.7. The van der Waals surface area contributed by atoms with Crippen LogP contribution in [0.25, 0.3) is 85.5 Å². The summed E-state index contributed by atoms with van der Waals surface area (Å²) < 4.78 is 3.76. The number of hydrogen-bond acceptors (Lipinski definition) is 4. The zero-order chi connectivity index (χ0) is 39.1. The summed E-state index contributed by atoms with van der Waals surface area (Å²) in [7, 11) is 0. The molecule has 2 nitrogen and oxygen atoms in total. The lowest BCUT2D eigenvalue weighted by atomic mass is 10.00. The minimum Gasteiger partial charge on any atom is -0.310 e. The molecule has 0 unspecified atom stereocenters. The monoisotopic (exact) mass is 788 g/mol. The molecule has 0 saturated carbocycles. The van der Waals surface area contributed by atoms with Crippen molar-refractivity contribution in [1.29, 1.82) is 0 Å². The minimum atomic E-state index is 1.04. The normalized spacial score (nSPS) is 11.4. The molecule has 0 N–H and O–H groups in total. The van der Waals surface area contributed by atoms with Crippen LogP contribution in [0.4, 0.5) is 17.1 Å². The van der Waals surface area contributed by atoms with Crippen LogP contribution in [0, 0.1) is 0 Å². The Bertz CT molecular complexity index is 3210. The fourth-order valence-corrected chi connectivity index (χ4v) is 10.2. The van der Waals surface area contributed by atoms with E-state index in [0.29, 0.717) is 0 Å². The number of thiazole rings is 1. The minimum absolute atomic E-state index is 1.04. The van der Waals surface area contributed by atoms with Gasteiger partial charge in [0, 0.05) is 42.8 Å². The van der Waals surface area contributed by atoms with Crippen molar-refractivity contribution in [3.05, 3.63) is 218 Å². The van der Waals surface area contributed by atoms with Crippen LogP contribution in [-0.2, 0) is 0 Å². The van der Waals surface area contributed by atoms with E-state index in [-0.39, 0.29) is 0 Å². The molecular formula is C55H36N2S2. The number of fused-ring (bicyclic) bond motifs is 4. The Morgan fingerprint density at radius 1 is 0.288 bits per heavy atom. The number of rotatable bonds is 8. The molecule has 11 aromatic rings. The maximum atomic E-state index is 5.17. The first-order valence-electron chi connectivity index (χ1n) is 19.8. The van der Waals surface area contributed by atoms with E-state index in [1.54, 1.807) is 11.3 Å². The molecule has 0 aliphatic carbocycles. The molecule has 59 heavy (non-hydrogen) atoms. The number of thiophene rings is 1. The number of anilines is 3. The summed E-state index contributed by atoms with van der Waals surface area (Å²) in [5.41, 5.74) is 15.2. The molecule has 0 aliphatic rings. The van der Waals surface area contributed by atoms with Gasteiger partial charge in [-0.25, -0.2) is 4.98 Å². The average Bonchev–Trinajstić information content (AvgIpc) is 3.90. The predicted molar refractivity (Wildman–Crippen MR) is 254 cm³/mol. The van der Waals surface area contributed by atoms with Crippen molar-refractivity contribution in [3.8, 4) is 55.1 Å². The molecule has 2 heterocycles. The summed E-state index contributed by atoms with van der Waals surface area (Å²) >= 11 is 3.62. The van der Waals surface area contributed by atoms with Crippen molar-refractivity contribution in [3.63, 3.8) is 0 Å². The third kappa shape index (κ3) is 6.79. The van der Waals surface area contributed by atoms with E-state index in [1.165, 1.54) is 69.4 Å². The molecule has 278 valence electrons. The first kappa shape index (κ1) is 35.1. The van der Waals surface area contributed by atoms with Gasteiger partial charge in [0.2, 0.25) is 0 Å². The molecule has 0 amide bonds. The highest BCUT2D eigenvalue weighted by Gasteiger charge is 2.17. The lowest BCUT2D eigenvalue weighted by Crippen LogP contribution is -2.09. The highest BCUT2D eigenvalue weighted by molar-refractivity contribution is 7.26. The Kier molecular flexibility index (Phi) is 8.92. The van der Waals surface area contributed by atoms with Crippen LogP contribution in [0.15, 0.2) is 218 Å². The van der Waals surface area contributed by atoms with Gasteiger partial charge < -0.3 is 4.90 Å². The number of aromatic nitrogens is 1. The van der Waals surface area contributed by atoms with Gasteiger partial charge in [0.25, 0.3) is 0 Å². The van der Waals surface area contributed by atoms with Crippen LogP contribution in [0.1, 0.15) is 0 Å². The first-order chi connectivity index (χ1) is 29.2. The van der Waals surface area contributed by atoms with Crippen molar-refractivity contribution in [2.45, 2.75) is 0 Å². The van der Waals surface area contributed by atoms with E-state index in [0.717, 1.165) is 33.1 Å². The van der Waals surface area contributed by atoms with Gasteiger partial charge >= 0.3 is 0 Å². The van der Waals surface area contributed by atoms with Crippen LogP contribution in [0.2, 0.25) is 0 Å². The molecular weight excluding hydrogens is 753 g/mol. The Labute approximate surface area is 351 Å². The van der Waals surface area contributed by atoms with Gasteiger partial charge in [-0.2, -0.15) is 0 Å². The van der Waals surface area contributed by atoms with Crippen molar-refractivity contribution < 1.29 is 0 Å². The predicted octanol–water partition coefficient (Wildman–Crippen LogP) is 16.5. The molecule has 9 aromatic carbocycles. The molecule has 0 atom stereocenters. The number of benzene rings is 9. The maximum absolute atomic E-state index is 5.17. The summed E-state index contributed by atoms with van der Waals surface area (Å²) in [6.07, 6.45) is 0. The van der Waals surface area contributed by atoms with E-state index in [1.807, 2.05) is 11.3 Å². The highest BCUT2D eigenvalue weighted by atomic mass is 32.1. The number of hydrogen-bond donors (Lipinski definition) is 0. The van der Waals surface area contributed by atoms with Crippen molar-refractivity contribution >= 4 is 70.1 Å². The van der Waals surface area contributed by atoms with Gasteiger partial charge in [-0.3, -0.25) is 0 Å². The maximum Gasteiger partial charge on any atom is 0.124 e. The second-order valence-corrected chi connectivity index (χ2v) is 16.9. The first-order valence-corrected chi connectivity index (χ1v) is 21.5. The molecule has 11 rings (SSSR count). The SMILES string of the molecule is c1ccc(-c2ccc(-c3ccc(N(c4ccc(-c5ccccc5)cc4)c4ccc5sc6cc7sc(-c8ccc(-c9ccccc9)cc8)nc7cc6c5c4)cc3)cc2)cc1. The van der Waals surface area contributed by atoms with E-state index >= 15 is 0 Å². The second kappa shape index (κ2) is 15.0.